The maximum atomic E-state index is 14.3. The molecule has 1 aliphatic heterocycles. The molecule has 1 saturated carbocycles. The molecule has 13 nitrogen and oxygen atoms in total. The number of urea groups is 1. The molecule has 1 unspecified atom stereocenters. The van der Waals surface area contributed by atoms with Gasteiger partial charge in [-0.25, -0.2) is 9.59 Å². The Bertz CT molecular complexity index is 1260. The van der Waals surface area contributed by atoms with Crippen molar-refractivity contribution in [2.45, 2.75) is 119 Å². The van der Waals surface area contributed by atoms with Crippen LogP contribution in [0.2, 0.25) is 0 Å². The maximum Gasteiger partial charge on any atom is 0.410 e. The number of hydrogen-bond acceptors (Lipinski definition) is 7. The summed E-state index contributed by atoms with van der Waals surface area (Å²) in [6.07, 6.45) is 1.12. The predicted octanol–water partition coefficient (Wildman–Crippen LogP) is 3.23. The number of ketones is 1. The van der Waals surface area contributed by atoms with E-state index >= 15 is 0 Å². The molecule has 0 spiro atoms. The van der Waals surface area contributed by atoms with Gasteiger partial charge in [0.05, 0.1) is 12.1 Å². The predicted molar refractivity (Wildman–Crippen MR) is 184 cm³/mol. The smallest absolute Gasteiger partial charge is 0.410 e. The second kappa shape index (κ2) is 14.9. The third-order valence-electron chi connectivity index (χ3n) is 9.33. The zero-order chi connectivity index (χ0) is 37.2. The number of Topliss-reactive ketones (excluding diaryl/α,β-unsaturated/α-hetero) is 1. The summed E-state index contributed by atoms with van der Waals surface area (Å²) in [6.45, 7) is 26.5. The number of amides is 6. The normalized spacial score (nSPS) is 21.9. The fraction of sp³-hybridized carbons (Fsp3) is 0.771. The summed E-state index contributed by atoms with van der Waals surface area (Å²) < 4.78 is 5.48. The van der Waals surface area contributed by atoms with Crippen molar-refractivity contribution in [1.82, 2.24) is 31.1 Å². The van der Waals surface area contributed by atoms with Crippen LogP contribution in [0.5, 0.6) is 0 Å². The Kier molecular flexibility index (Phi) is 12.5. The lowest BCUT2D eigenvalue weighted by Crippen LogP contribution is -2.62. The Morgan fingerprint density at radius 1 is 0.958 bits per heavy atom. The summed E-state index contributed by atoms with van der Waals surface area (Å²) >= 11 is 0. The van der Waals surface area contributed by atoms with Crippen LogP contribution in [0.1, 0.15) is 89.5 Å². The molecule has 2 rings (SSSR count). The van der Waals surface area contributed by atoms with Crippen molar-refractivity contribution in [3.05, 3.63) is 12.7 Å². The van der Waals surface area contributed by atoms with Crippen LogP contribution in [0.15, 0.2) is 12.7 Å². The molecule has 0 aromatic rings. The number of carbonyl (C=O) groups is 6. The van der Waals surface area contributed by atoms with Gasteiger partial charge >= 0.3 is 12.1 Å². The highest BCUT2D eigenvalue weighted by atomic mass is 16.6. The third kappa shape index (κ3) is 9.95. The van der Waals surface area contributed by atoms with E-state index in [2.05, 4.69) is 27.8 Å². The molecule has 1 saturated heterocycles. The lowest BCUT2D eigenvalue weighted by molar-refractivity contribution is -0.145. The quantitative estimate of drug-likeness (QED) is 0.182. The van der Waals surface area contributed by atoms with Crippen LogP contribution in [0.4, 0.5) is 9.59 Å². The topological polar surface area (TPSA) is 166 Å². The molecule has 48 heavy (non-hydrogen) atoms. The second-order valence-electron chi connectivity index (χ2n) is 16.9. The van der Waals surface area contributed by atoms with Crippen LogP contribution in [0.3, 0.4) is 0 Å². The highest BCUT2D eigenvalue weighted by Crippen LogP contribution is 2.65. The average molecular weight is 677 g/mol. The minimum Gasteiger partial charge on any atom is -0.444 e. The van der Waals surface area contributed by atoms with Crippen LogP contribution in [0, 0.1) is 28.1 Å². The van der Waals surface area contributed by atoms with E-state index in [9.17, 15) is 28.8 Å². The number of likely N-dealkylation sites (tertiary alicyclic amines) is 1. The van der Waals surface area contributed by atoms with Crippen molar-refractivity contribution in [3.63, 3.8) is 0 Å². The molecule has 0 aromatic carbocycles. The Hall–Kier alpha value is -3.64. The number of nitrogens with one attached hydrogen (secondary N) is 4. The van der Waals surface area contributed by atoms with Crippen LogP contribution in [-0.4, -0.2) is 102 Å². The molecule has 2 aliphatic rings. The van der Waals surface area contributed by atoms with Gasteiger partial charge in [-0.2, -0.15) is 0 Å². The largest absolute Gasteiger partial charge is 0.444 e. The molecule has 4 N–H and O–H groups in total. The van der Waals surface area contributed by atoms with Gasteiger partial charge in [0.25, 0.3) is 5.91 Å². The van der Waals surface area contributed by atoms with E-state index in [1.165, 1.54) is 15.9 Å². The minimum absolute atomic E-state index is 0.0620. The molecule has 0 bridgehead atoms. The Labute approximate surface area is 286 Å². The Balaban J connectivity index is 2.28. The zero-order valence-electron chi connectivity index (χ0n) is 31.3. The van der Waals surface area contributed by atoms with Crippen LogP contribution in [-0.2, 0) is 23.9 Å². The molecule has 6 amide bonds. The minimum atomic E-state index is -1.06. The average Bonchev–Trinajstić information content (AvgIpc) is 3.26. The van der Waals surface area contributed by atoms with Gasteiger partial charge in [0.2, 0.25) is 17.6 Å². The Morgan fingerprint density at radius 3 is 2.02 bits per heavy atom. The molecule has 2 fully saturated rings. The van der Waals surface area contributed by atoms with E-state index in [4.69, 9.17) is 4.74 Å². The SMILES string of the molecule is C=CCNC(=O)C(=O)C(CC)NC(=O)[C@@H]1[C@@H]2[C@H](CN1C(=O)[C@@H](NC(=O)N[C@H](CN(C)C(=O)OC(C)(C)C)C(C)(C)C)C(C)(C)C)C2(C)C. The summed E-state index contributed by atoms with van der Waals surface area (Å²) in [6, 6.07) is -4.04. The molecular formula is C35H60N6O7. The fourth-order valence-electron chi connectivity index (χ4n) is 6.20. The second-order valence-corrected chi connectivity index (χ2v) is 16.9. The van der Waals surface area contributed by atoms with E-state index in [0.29, 0.717) is 6.54 Å². The molecule has 1 aliphatic carbocycles. The first-order valence-electron chi connectivity index (χ1n) is 16.8. The molecule has 0 aromatic heterocycles. The zero-order valence-corrected chi connectivity index (χ0v) is 31.3. The highest BCUT2D eigenvalue weighted by molar-refractivity contribution is 6.38. The number of ether oxygens (including phenoxy) is 1. The van der Waals surface area contributed by atoms with Crippen LogP contribution < -0.4 is 21.3 Å². The molecule has 13 heteroatoms. The van der Waals surface area contributed by atoms with Crippen LogP contribution in [0.25, 0.3) is 0 Å². The summed E-state index contributed by atoms with van der Waals surface area (Å²) in [5.74, 6) is -2.60. The van der Waals surface area contributed by atoms with Crippen molar-refractivity contribution in [1.29, 1.82) is 0 Å². The van der Waals surface area contributed by atoms with E-state index in [1.807, 2.05) is 55.4 Å². The van der Waals surface area contributed by atoms with Gasteiger partial charge in [-0.05, 0) is 55.3 Å². The lowest BCUT2D eigenvalue weighted by Gasteiger charge is -2.39. The lowest BCUT2D eigenvalue weighted by atomic mass is 9.85. The van der Waals surface area contributed by atoms with Crippen molar-refractivity contribution in [2.24, 2.45) is 28.1 Å². The van der Waals surface area contributed by atoms with E-state index < -0.39 is 76.2 Å². The van der Waals surface area contributed by atoms with Gasteiger partial charge in [0.1, 0.15) is 17.7 Å². The monoisotopic (exact) mass is 676 g/mol. The molecule has 272 valence electrons. The number of piperidine rings is 1. The standard InChI is InChI=1S/C35H60N6O7/c1-15-17-36-28(44)25(42)21(16-2)37-27(43)24-23-20(35(23,12)13)18-41(24)29(45)26(33(6,7)8)39-30(46)38-22(32(3,4)5)19-40(14)31(47)48-34(9,10)11/h15,20-24,26H,1,16-19H2,2-14H3,(H,36,44)(H,37,43)(H2,38,39,46)/t20-,21?,22+,23-,24-,26+/m0/s1. The van der Waals surface area contributed by atoms with Crippen molar-refractivity contribution >= 4 is 35.6 Å². The summed E-state index contributed by atoms with van der Waals surface area (Å²) in [5, 5.41) is 11.0. The first-order valence-corrected chi connectivity index (χ1v) is 16.8. The maximum absolute atomic E-state index is 14.3. The van der Waals surface area contributed by atoms with Crippen LogP contribution >= 0.6 is 0 Å². The fourth-order valence-corrected chi connectivity index (χ4v) is 6.20. The molecule has 0 radical (unpaired) electrons. The molecule has 1 heterocycles. The summed E-state index contributed by atoms with van der Waals surface area (Å²) in [4.78, 5) is 82.5. The van der Waals surface area contributed by atoms with Gasteiger partial charge in [0.15, 0.2) is 0 Å². The number of fused-ring (bicyclic) bond motifs is 1. The number of hydrogen-bond donors (Lipinski definition) is 4. The molecule has 6 atom stereocenters. The third-order valence-corrected chi connectivity index (χ3v) is 9.33. The van der Waals surface area contributed by atoms with Gasteiger partial charge < -0.3 is 35.8 Å². The van der Waals surface area contributed by atoms with E-state index in [0.717, 1.165) is 0 Å². The highest BCUT2D eigenvalue weighted by Gasteiger charge is 2.70. The number of carbonyl (C=O) groups excluding carboxylic acids is 6. The number of nitrogens with zero attached hydrogens (tertiary/aromatic N) is 2. The summed E-state index contributed by atoms with van der Waals surface area (Å²) in [7, 11) is 1.60. The molecular weight excluding hydrogens is 616 g/mol. The van der Waals surface area contributed by atoms with E-state index in [-0.39, 0.29) is 36.8 Å². The van der Waals surface area contributed by atoms with Crippen molar-refractivity contribution < 1.29 is 33.5 Å². The summed E-state index contributed by atoms with van der Waals surface area (Å²) in [5.41, 5.74) is -2.09. The van der Waals surface area contributed by atoms with Gasteiger partial charge in [-0.3, -0.25) is 19.2 Å². The number of likely N-dealkylation sites (N-methyl/N-ethyl adjacent to an activating group) is 1. The van der Waals surface area contributed by atoms with Gasteiger partial charge in [-0.1, -0.05) is 68.4 Å². The van der Waals surface area contributed by atoms with Crippen molar-refractivity contribution in [3.8, 4) is 0 Å². The first-order chi connectivity index (χ1) is 21.8. The van der Waals surface area contributed by atoms with Gasteiger partial charge in [0, 0.05) is 26.7 Å². The van der Waals surface area contributed by atoms with Crippen molar-refractivity contribution in [2.75, 3.05) is 26.7 Å². The van der Waals surface area contributed by atoms with E-state index in [1.54, 1.807) is 34.7 Å². The Morgan fingerprint density at radius 2 is 1.54 bits per heavy atom. The first kappa shape index (κ1) is 40.5. The van der Waals surface area contributed by atoms with Gasteiger partial charge in [-0.15, -0.1) is 6.58 Å². The number of rotatable bonds is 12.